The molecule has 0 bridgehead atoms. The summed E-state index contributed by atoms with van der Waals surface area (Å²) in [4.78, 5) is 10.1. The summed E-state index contributed by atoms with van der Waals surface area (Å²) in [5.41, 5.74) is 1.14. The summed E-state index contributed by atoms with van der Waals surface area (Å²) in [6.45, 7) is 10.3. The van der Waals surface area contributed by atoms with E-state index in [0.717, 1.165) is 31.3 Å². The topological polar surface area (TPSA) is 30.9 Å². The predicted octanol–water partition coefficient (Wildman–Crippen LogP) is 4.06. The first-order valence-electron chi connectivity index (χ1n) is 10.1. The van der Waals surface area contributed by atoms with E-state index in [2.05, 4.69) is 59.3 Å². The lowest BCUT2D eigenvalue weighted by Crippen LogP contribution is -2.42. The van der Waals surface area contributed by atoms with E-state index in [0.29, 0.717) is 12.0 Å². The minimum Gasteiger partial charge on any atom is -0.343 e. The lowest BCUT2D eigenvalue weighted by atomic mass is 9.97. The van der Waals surface area contributed by atoms with E-state index in [-0.39, 0.29) is 0 Å². The Balaban J connectivity index is 1.66. The first kappa shape index (κ1) is 18.2. The number of para-hydroxylation sites is 1. The molecule has 1 unspecified atom stereocenters. The minimum atomic E-state index is 0.649. The fourth-order valence-corrected chi connectivity index (χ4v) is 3.91. The average molecular weight is 343 g/mol. The average Bonchev–Trinajstić information content (AvgIpc) is 2.67. The summed E-state index contributed by atoms with van der Waals surface area (Å²) in [6.07, 6.45) is 6.52. The lowest BCUT2D eigenvalue weighted by Gasteiger charge is -2.35. The van der Waals surface area contributed by atoms with E-state index >= 15 is 0 Å². The Kier molecular flexibility index (Phi) is 6.74. The highest BCUT2D eigenvalue weighted by Gasteiger charge is 2.22. The van der Waals surface area contributed by atoms with Crippen LogP contribution in [-0.4, -0.2) is 54.5 Å². The first-order valence-corrected chi connectivity index (χ1v) is 10.1. The van der Waals surface area contributed by atoms with Gasteiger partial charge in [0.15, 0.2) is 5.96 Å². The van der Waals surface area contributed by atoms with Gasteiger partial charge in [0.1, 0.15) is 0 Å². The molecule has 1 N–H and O–H groups in total. The Morgan fingerprint density at radius 3 is 2.56 bits per heavy atom. The molecule has 4 heteroatoms. The molecule has 3 rings (SSSR count). The van der Waals surface area contributed by atoms with Crippen LogP contribution in [0.5, 0.6) is 0 Å². The van der Waals surface area contributed by atoms with Gasteiger partial charge in [-0.05, 0) is 70.5 Å². The standard InChI is InChI=1S/C21H34N4/c1-18(2)25-15-9-10-19(17-25)16-22-21(24-13-7-4-8-14-24)23-20-11-5-3-6-12-20/h3,5-6,11-12,18-19H,4,7-10,13-17H2,1-2H3,(H,22,23). The fourth-order valence-electron chi connectivity index (χ4n) is 3.91. The van der Waals surface area contributed by atoms with Crippen molar-refractivity contribution in [3.63, 3.8) is 0 Å². The molecule has 0 radical (unpaired) electrons. The number of likely N-dealkylation sites (tertiary alicyclic amines) is 2. The van der Waals surface area contributed by atoms with Crippen molar-refractivity contribution in [2.24, 2.45) is 10.9 Å². The van der Waals surface area contributed by atoms with Gasteiger partial charge < -0.3 is 15.1 Å². The summed E-state index contributed by atoms with van der Waals surface area (Å²) in [7, 11) is 0. The van der Waals surface area contributed by atoms with Crippen LogP contribution in [0.3, 0.4) is 0 Å². The molecule has 1 aromatic carbocycles. The molecule has 0 amide bonds. The number of aliphatic imine (C=N–C) groups is 1. The third kappa shape index (κ3) is 5.46. The smallest absolute Gasteiger partial charge is 0.198 e. The lowest BCUT2D eigenvalue weighted by molar-refractivity contribution is 0.143. The van der Waals surface area contributed by atoms with E-state index in [1.165, 1.54) is 45.2 Å². The Labute approximate surface area is 153 Å². The summed E-state index contributed by atoms with van der Waals surface area (Å²) < 4.78 is 0. The Hall–Kier alpha value is -1.55. The molecule has 2 fully saturated rings. The monoisotopic (exact) mass is 342 g/mol. The normalized spacial score (nSPS) is 23.1. The van der Waals surface area contributed by atoms with Crippen LogP contribution in [-0.2, 0) is 0 Å². The molecule has 2 aliphatic heterocycles. The van der Waals surface area contributed by atoms with Crippen LogP contribution in [0.25, 0.3) is 0 Å². The van der Waals surface area contributed by atoms with Gasteiger partial charge in [-0.25, -0.2) is 0 Å². The molecule has 0 saturated carbocycles. The van der Waals surface area contributed by atoms with E-state index in [1.54, 1.807) is 0 Å². The number of anilines is 1. The molecule has 2 aliphatic rings. The molecule has 1 atom stereocenters. The number of nitrogens with one attached hydrogen (secondary N) is 1. The molecular weight excluding hydrogens is 308 g/mol. The fraction of sp³-hybridized carbons (Fsp3) is 0.667. The summed E-state index contributed by atoms with van der Waals surface area (Å²) in [5, 5.41) is 3.58. The first-order chi connectivity index (χ1) is 12.2. The molecule has 4 nitrogen and oxygen atoms in total. The molecule has 2 saturated heterocycles. The molecule has 1 aromatic rings. The summed E-state index contributed by atoms with van der Waals surface area (Å²) in [6, 6.07) is 11.1. The highest BCUT2D eigenvalue weighted by atomic mass is 15.3. The number of hydrogen-bond acceptors (Lipinski definition) is 2. The number of rotatable bonds is 4. The van der Waals surface area contributed by atoms with Gasteiger partial charge in [-0.2, -0.15) is 0 Å². The van der Waals surface area contributed by atoms with Gasteiger partial charge in [-0.15, -0.1) is 0 Å². The number of guanidine groups is 1. The Bertz CT molecular complexity index is 534. The van der Waals surface area contributed by atoms with Crippen molar-refractivity contribution in [2.75, 3.05) is 38.0 Å². The second kappa shape index (κ2) is 9.23. The maximum atomic E-state index is 5.06. The van der Waals surface area contributed by atoms with Crippen LogP contribution in [0.15, 0.2) is 35.3 Å². The van der Waals surface area contributed by atoms with Crippen LogP contribution >= 0.6 is 0 Å². The van der Waals surface area contributed by atoms with Crippen LogP contribution in [0.2, 0.25) is 0 Å². The number of benzene rings is 1. The van der Waals surface area contributed by atoms with Gasteiger partial charge in [0.2, 0.25) is 0 Å². The van der Waals surface area contributed by atoms with Gasteiger partial charge in [0.25, 0.3) is 0 Å². The van der Waals surface area contributed by atoms with Crippen LogP contribution in [0.4, 0.5) is 5.69 Å². The van der Waals surface area contributed by atoms with Crippen molar-refractivity contribution in [1.29, 1.82) is 0 Å². The highest BCUT2D eigenvalue weighted by molar-refractivity contribution is 5.93. The molecule has 0 spiro atoms. The van der Waals surface area contributed by atoms with Crippen molar-refractivity contribution >= 4 is 11.6 Å². The quantitative estimate of drug-likeness (QED) is 0.661. The number of nitrogens with zero attached hydrogens (tertiary/aromatic N) is 3. The van der Waals surface area contributed by atoms with E-state index in [9.17, 15) is 0 Å². The maximum absolute atomic E-state index is 5.06. The summed E-state index contributed by atoms with van der Waals surface area (Å²) >= 11 is 0. The molecule has 25 heavy (non-hydrogen) atoms. The zero-order valence-corrected chi connectivity index (χ0v) is 16.0. The van der Waals surface area contributed by atoms with Crippen molar-refractivity contribution in [1.82, 2.24) is 9.80 Å². The van der Waals surface area contributed by atoms with Crippen LogP contribution in [0, 0.1) is 5.92 Å². The van der Waals surface area contributed by atoms with Gasteiger partial charge in [-0.1, -0.05) is 18.2 Å². The van der Waals surface area contributed by atoms with E-state index in [1.807, 2.05) is 0 Å². The SMILES string of the molecule is CC(C)N1CCCC(CN=C(Nc2ccccc2)N2CCCCC2)C1. The van der Waals surface area contributed by atoms with Crippen molar-refractivity contribution in [3.05, 3.63) is 30.3 Å². The molecule has 138 valence electrons. The molecule has 0 aliphatic carbocycles. The van der Waals surface area contributed by atoms with E-state index < -0.39 is 0 Å². The van der Waals surface area contributed by atoms with Gasteiger partial charge in [-0.3, -0.25) is 4.99 Å². The van der Waals surface area contributed by atoms with Crippen molar-refractivity contribution in [3.8, 4) is 0 Å². The second-order valence-electron chi connectivity index (χ2n) is 7.80. The zero-order valence-electron chi connectivity index (χ0n) is 16.0. The second-order valence-corrected chi connectivity index (χ2v) is 7.80. The highest BCUT2D eigenvalue weighted by Crippen LogP contribution is 2.19. The van der Waals surface area contributed by atoms with Gasteiger partial charge >= 0.3 is 0 Å². The molecular formula is C21H34N4. The number of piperidine rings is 2. The molecule has 0 aromatic heterocycles. The van der Waals surface area contributed by atoms with E-state index in [4.69, 9.17) is 4.99 Å². The van der Waals surface area contributed by atoms with Crippen molar-refractivity contribution in [2.45, 2.75) is 52.0 Å². The van der Waals surface area contributed by atoms with Crippen LogP contribution < -0.4 is 5.32 Å². The minimum absolute atomic E-state index is 0.649. The largest absolute Gasteiger partial charge is 0.343 e. The third-order valence-corrected chi connectivity index (χ3v) is 5.47. The predicted molar refractivity (Wildman–Crippen MR) is 107 cm³/mol. The number of hydrogen-bond donors (Lipinski definition) is 1. The molecule has 2 heterocycles. The van der Waals surface area contributed by atoms with Crippen molar-refractivity contribution < 1.29 is 0 Å². The Morgan fingerprint density at radius 2 is 1.84 bits per heavy atom. The summed E-state index contributed by atoms with van der Waals surface area (Å²) in [5.74, 6) is 1.76. The van der Waals surface area contributed by atoms with Gasteiger partial charge in [0.05, 0.1) is 0 Å². The van der Waals surface area contributed by atoms with Crippen LogP contribution in [0.1, 0.15) is 46.0 Å². The zero-order chi connectivity index (χ0) is 17.5. The Morgan fingerprint density at radius 1 is 1.08 bits per heavy atom. The van der Waals surface area contributed by atoms with Gasteiger partial charge in [0, 0.05) is 37.9 Å². The third-order valence-electron chi connectivity index (χ3n) is 5.47. The maximum Gasteiger partial charge on any atom is 0.198 e.